The van der Waals surface area contributed by atoms with Crippen LogP contribution in [0.15, 0.2) is 65.2 Å². The average molecular weight is 371 g/mol. The van der Waals surface area contributed by atoms with Crippen LogP contribution < -0.4 is 5.32 Å². The van der Waals surface area contributed by atoms with Gasteiger partial charge in [0, 0.05) is 18.1 Å². The van der Waals surface area contributed by atoms with E-state index in [1.54, 1.807) is 6.20 Å². The predicted molar refractivity (Wildman–Crippen MR) is 105 cm³/mol. The van der Waals surface area contributed by atoms with Gasteiger partial charge in [0.25, 0.3) is 5.89 Å². The van der Waals surface area contributed by atoms with Gasteiger partial charge in [0.2, 0.25) is 11.8 Å². The summed E-state index contributed by atoms with van der Waals surface area (Å²) in [7, 11) is 0. The van der Waals surface area contributed by atoms with Gasteiger partial charge in [0.1, 0.15) is 5.69 Å². The third-order valence-electron chi connectivity index (χ3n) is 4.12. The molecule has 0 aliphatic heterocycles. The molecule has 4 aromatic rings. The van der Waals surface area contributed by atoms with E-state index in [1.165, 1.54) is 6.92 Å². The second kappa shape index (κ2) is 7.40. The molecule has 0 spiro atoms. The first-order valence-corrected chi connectivity index (χ1v) is 8.72. The Hall–Kier alpha value is -3.87. The number of nitrogens with one attached hydrogen (secondary N) is 1. The number of hydrogen-bond donors (Lipinski definition) is 1. The second-order valence-corrected chi connectivity index (χ2v) is 6.19. The second-order valence-electron chi connectivity index (χ2n) is 6.19. The van der Waals surface area contributed by atoms with Crippen LogP contribution in [0.3, 0.4) is 0 Å². The summed E-state index contributed by atoms with van der Waals surface area (Å²) in [5.74, 6) is 0.556. The summed E-state index contributed by atoms with van der Waals surface area (Å²) < 4.78 is 5.83. The van der Waals surface area contributed by atoms with E-state index in [9.17, 15) is 4.79 Å². The molecule has 2 aromatic carbocycles. The SMILES string of the molecule is CC(=O)Nc1ccccc1-c1cnc(C)c(-c2nnc(-c3ccccc3)o2)n1. The predicted octanol–water partition coefficient (Wildman–Crippen LogP) is 4.13. The van der Waals surface area contributed by atoms with Crippen molar-refractivity contribution in [1.29, 1.82) is 0 Å². The topological polar surface area (TPSA) is 93.8 Å². The van der Waals surface area contributed by atoms with E-state index < -0.39 is 0 Å². The molecule has 0 radical (unpaired) electrons. The van der Waals surface area contributed by atoms with Crippen molar-refractivity contribution < 1.29 is 9.21 Å². The number of anilines is 1. The van der Waals surface area contributed by atoms with E-state index in [0.29, 0.717) is 34.6 Å². The van der Waals surface area contributed by atoms with Crippen molar-refractivity contribution >= 4 is 11.6 Å². The maximum atomic E-state index is 11.5. The van der Waals surface area contributed by atoms with Crippen LogP contribution in [-0.2, 0) is 4.79 Å². The van der Waals surface area contributed by atoms with Crippen LogP contribution in [0.25, 0.3) is 34.3 Å². The van der Waals surface area contributed by atoms with E-state index >= 15 is 0 Å². The molecule has 0 fully saturated rings. The Labute approximate surface area is 161 Å². The fourth-order valence-electron chi connectivity index (χ4n) is 2.80. The lowest BCUT2D eigenvalue weighted by Gasteiger charge is -2.10. The van der Waals surface area contributed by atoms with Gasteiger partial charge in [-0.25, -0.2) is 4.98 Å². The van der Waals surface area contributed by atoms with Crippen molar-refractivity contribution in [2.75, 3.05) is 5.32 Å². The molecule has 0 aliphatic rings. The van der Waals surface area contributed by atoms with E-state index in [1.807, 2.05) is 61.5 Å². The summed E-state index contributed by atoms with van der Waals surface area (Å²) >= 11 is 0. The Kier molecular flexibility index (Phi) is 4.63. The molecule has 0 unspecified atom stereocenters. The lowest BCUT2D eigenvalue weighted by Crippen LogP contribution is -2.07. The molecule has 7 heteroatoms. The lowest BCUT2D eigenvalue weighted by molar-refractivity contribution is -0.114. The summed E-state index contributed by atoms with van der Waals surface area (Å²) in [6.45, 7) is 3.30. The standard InChI is InChI=1S/C21H17N5O2/c1-13-19(21-26-25-20(28-21)15-8-4-3-5-9-15)24-18(12-22-13)16-10-6-7-11-17(16)23-14(2)27/h3-12H,1-2H3,(H,23,27). The van der Waals surface area contributed by atoms with Crippen LogP contribution in [0.4, 0.5) is 5.69 Å². The van der Waals surface area contributed by atoms with Crippen LogP contribution in [0.1, 0.15) is 12.6 Å². The number of nitrogens with zero attached hydrogens (tertiary/aromatic N) is 4. The number of carbonyl (C=O) groups is 1. The molecular formula is C21H17N5O2. The fourth-order valence-corrected chi connectivity index (χ4v) is 2.80. The fraction of sp³-hybridized carbons (Fsp3) is 0.0952. The highest BCUT2D eigenvalue weighted by Crippen LogP contribution is 2.29. The minimum Gasteiger partial charge on any atom is -0.415 e. The van der Waals surface area contributed by atoms with Gasteiger partial charge in [-0.05, 0) is 25.1 Å². The van der Waals surface area contributed by atoms with Gasteiger partial charge < -0.3 is 9.73 Å². The molecule has 0 saturated carbocycles. The molecule has 0 saturated heterocycles. The third kappa shape index (κ3) is 3.50. The Bertz CT molecular complexity index is 1140. The normalized spacial score (nSPS) is 10.6. The van der Waals surface area contributed by atoms with Crippen LogP contribution >= 0.6 is 0 Å². The Balaban J connectivity index is 1.75. The number of amides is 1. The molecule has 0 atom stereocenters. The van der Waals surface area contributed by atoms with Gasteiger partial charge in [-0.15, -0.1) is 10.2 Å². The summed E-state index contributed by atoms with van der Waals surface area (Å²) in [5.41, 5.74) is 4.03. The number of hydrogen-bond acceptors (Lipinski definition) is 6. The first-order chi connectivity index (χ1) is 13.6. The highest BCUT2D eigenvalue weighted by molar-refractivity contribution is 5.93. The summed E-state index contributed by atoms with van der Waals surface area (Å²) in [6, 6.07) is 16.9. The van der Waals surface area contributed by atoms with Crippen molar-refractivity contribution in [1.82, 2.24) is 20.2 Å². The molecule has 0 bridgehead atoms. The van der Waals surface area contributed by atoms with Crippen molar-refractivity contribution in [2.45, 2.75) is 13.8 Å². The third-order valence-corrected chi connectivity index (χ3v) is 4.12. The number of aromatic nitrogens is 4. The molecular weight excluding hydrogens is 354 g/mol. The molecule has 7 nitrogen and oxygen atoms in total. The number of aryl methyl sites for hydroxylation is 1. The van der Waals surface area contributed by atoms with Crippen molar-refractivity contribution in [2.24, 2.45) is 0 Å². The number of carbonyl (C=O) groups excluding carboxylic acids is 1. The number of benzene rings is 2. The molecule has 0 aliphatic carbocycles. The molecule has 2 aromatic heterocycles. The zero-order valence-corrected chi connectivity index (χ0v) is 15.4. The number of rotatable bonds is 4. The van der Waals surface area contributed by atoms with Gasteiger partial charge in [0.05, 0.1) is 23.3 Å². The molecule has 1 amide bonds. The monoisotopic (exact) mass is 371 g/mol. The molecule has 2 heterocycles. The van der Waals surface area contributed by atoms with Crippen LogP contribution in [0.2, 0.25) is 0 Å². The quantitative estimate of drug-likeness (QED) is 0.580. The highest BCUT2D eigenvalue weighted by Gasteiger charge is 2.17. The number of para-hydroxylation sites is 1. The molecule has 138 valence electrons. The van der Waals surface area contributed by atoms with E-state index in [0.717, 1.165) is 11.1 Å². The van der Waals surface area contributed by atoms with Crippen molar-refractivity contribution in [3.8, 4) is 34.3 Å². The van der Waals surface area contributed by atoms with Gasteiger partial charge >= 0.3 is 0 Å². The maximum Gasteiger partial charge on any atom is 0.268 e. The summed E-state index contributed by atoms with van der Waals surface area (Å²) in [5, 5.41) is 11.1. The van der Waals surface area contributed by atoms with Crippen LogP contribution in [-0.4, -0.2) is 26.1 Å². The van der Waals surface area contributed by atoms with E-state index in [4.69, 9.17) is 4.42 Å². The maximum absolute atomic E-state index is 11.5. The smallest absolute Gasteiger partial charge is 0.268 e. The van der Waals surface area contributed by atoms with Gasteiger partial charge in [-0.3, -0.25) is 9.78 Å². The Morgan fingerprint density at radius 3 is 2.46 bits per heavy atom. The first kappa shape index (κ1) is 17.5. The van der Waals surface area contributed by atoms with Gasteiger partial charge in [-0.1, -0.05) is 36.4 Å². The van der Waals surface area contributed by atoms with Gasteiger partial charge in [0.15, 0.2) is 0 Å². The molecule has 1 N–H and O–H groups in total. The highest BCUT2D eigenvalue weighted by atomic mass is 16.4. The average Bonchev–Trinajstić information content (AvgIpc) is 3.19. The first-order valence-electron chi connectivity index (χ1n) is 8.72. The lowest BCUT2D eigenvalue weighted by atomic mass is 10.1. The summed E-state index contributed by atoms with van der Waals surface area (Å²) in [4.78, 5) is 20.6. The van der Waals surface area contributed by atoms with Gasteiger partial charge in [-0.2, -0.15) is 0 Å². The zero-order valence-electron chi connectivity index (χ0n) is 15.4. The Morgan fingerprint density at radius 2 is 1.68 bits per heavy atom. The van der Waals surface area contributed by atoms with E-state index in [-0.39, 0.29) is 5.91 Å². The minimum atomic E-state index is -0.155. The molecule has 28 heavy (non-hydrogen) atoms. The largest absolute Gasteiger partial charge is 0.415 e. The molecule has 4 rings (SSSR count). The van der Waals surface area contributed by atoms with Crippen molar-refractivity contribution in [3.63, 3.8) is 0 Å². The minimum absolute atomic E-state index is 0.155. The van der Waals surface area contributed by atoms with Crippen LogP contribution in [0, 0.1) is 6.92 Å². The Morgan fingerprint density at radius 1 is 0.964 bits per heavy atom. The van der Waals surface area contributed by atoms with E-state index in [2.05, 4.69) is 25.5 Å². The van der Waals surface area contributed by atoms with Crippen LogP contribution in [0.5, 0.6) is 0 Å². The zero-order chi connectivity index (χ0) is 19.5. The summed E-state index contributed by atoms with van der Waals surface area (Å²) in [6.07, 6.45) is 1.66. The van der Waals surface area contributed by atoms with Crippen molar-refractivity contribution in [3.05, 3.63) is 66.5 Å².